The van der Waals surface area contributed by atoms with Gasteiger partial charge in [-0.3, -0.25) is 9.59 Å². The minimum atomic E-state index is -1.34. The number of benzene rings is 1. The van der Waals surface area contributed by atoms with Gasteiger partial charge in [0.1, 0.15) is 5.82 Å². The summed E-state index contributed by atoms with van der Waals surface area (Å²) in [5.41, 5.74) is 1.89. The SMILES string of the molecule is C[C@]12Cc3cnn(-c4ccc(F)cc4)c3C=C1CC[C@@H]1[C@@H]2[C@@H](O)C[C@@]2(C)[C@H]1CC[C@]2(OC(=O)CC1CCCC1)C(=O)SCC#N. The quantitative estimate of drug-likeness (QED) is 0.349. The van der Waals surface area contributed by atoms with E-state index in [1.54, 1.807) is 12.1 Å². The minimum Gasteiger partial charge on any atom is -0.449 e. The Balaban J connectivity index is 1.20. The molecule has 238 valence electrons. The van der Waals surface area contributed by atoms with Crippen LogP contribution in [-0.4, -0.2) is 43.4 Å². The van der Waals surface area contributed by atoms with Gasteiger partial charge in [0.15, 0.2) is 5.60 Å². The molecule has 2 aromatic rings. The number of esters is 1. The number of ether oxygens (including phenoxy) is 1. The zero-order chi connectivity index (χ0) is 31.6. The maximum Gasteiger partial charge on any atom is 0.307 e. The van der Waals surface area contributed by atoms with Gasteiger partial charge in [-0.1, -0.05) is 44.0 Å². The Hall–Kier alpha value is -2.96. The molecule has 7 nitrogen and oxygen atoms in total. The molecule has 4 saturated carbocycles. The van der Waals surface area contributed by atoms with E-state index in [0.29, 0.717) is 25.2 Å². The van der Waals surface area contributed by atoms with E-state index in [2.05, 4.69) is 31.1 Å². The number of nitrogens with zero attached hydrogens (tertiary/aromatic N) is 3. The van der Waals surface area contributed by atoms with Gasteiger partial charge in [-0.15, -0.1) is 0 Å². The zero-order valence-corrected chi connectivity index (χ0v) is 27.0. The second-order valence-corrected chi connectivity index (χ2v) is 15.6. The highest BCUT2D eigenvalue weighted by atomic mass is 32.2. The van der Waals surface area contributed by atoms with E-state index in [-0.39, 0.29) is 45.8 Å². The lowest BCUT2D eigenvalue weighted by molar-refractivity contribution is -0.197. The first kappa shape index (κ1) is 30.7. The lowest BCUT2D eigenvalue weighted by Gasteiger charge is -2.60. The molecule has 1 aromatic carbocycles. The van der Waals surface area contributed by atoms with Crippen molar-refractivity contribution < 1.29 is 23.8 Å². The first-order valence-electron chi connectivity index (χ1n) is 16.6. The summed E-state index contributed by atoms with van der Waals surface area (Å²) < 4.78 is 21.9. The number of thioether (sulfide) groups is 1. The molecule has 0 radical (unpaired) electrons. The number of carbonyl (C=O) groups excluding carboxylic acids is 2. The van der Waals surface area contributed by atoms with Gasteiger partial charge in [-0.2, -0.15) is 10.4 Å². The van der Waals surface area contributed by atoms with Gasteiger partial charge in [0.2, 0.25) is 5.12 Å². The van der Waals surface area contributed by atoms with Gasteiger partial charge in [0, 0.05) is 11.8 Å². The number of aromatic nitrogens is 2. The lowest BCUT2D eigenvalue weighted by atomic mass is 9.45. The molecular weight excluding hydrogens is 589 g/mol. The Morgan fingerprint density at radius 3 is 2.67 bits per heavy atom. The Morgan fingerprint density at radius 1 is 1.18 bits per heavy atom. The van der Waals surface area contributed by atoms with Crippen LogP contribution in [0.4, 0.5) is 4.39 Å². The number of rotatable bonds is 6. The number of aliphatic hydroxyl groups excluding tert-OH is 1. The van der Waals surface area contributed by atoms with Crippen molar-refractivity contribution in [2.45, 2.75) is 96.2 Å². The molecule has 45 heavy (non-hydrogen) atoms. The standard InChI is InChI=1S/C36H42FN3O4S/c1-34-19-23-21-39-40(26-10-8-25(37)9-11-26)29(23)18-24(34)7-12-27-28-13-14-36(33(43)45-16-15-38,35(28,2)20-30(41)32(27)34)44-31(42)17-22-5-3-4-6-22/h8-11,18,21-22,27-28,30,32,41H,3-7,12-14,16-17,19-20H2,1-2H3/t27-,28-,30-,32+,34-,35-,36-/m0/s1. The number of fused-ring (bicyclic) bond motifs is 6. The van der Waals surface area contributed by atoms with E-state index in [0.717, 1.165) is 80.1 Å². The van der Waals surface area contributed by atoms with Gasteiger partial charge in [-0.05, 0) is 116 Å². The third-order valence-corrected chi connectivity index (χ3v) is 13.3. The van der Waals surface area contributed by atoms with Gasteiger partial charge >= 0.3 is 5.97 Å². The molecule has 4 fully saturated rings. The van der Waals surface area contributed by atoms with Gasteiger partial charge < -0.3 is 9.84 Å². The molecule has 0 saturated heterocycles. The van der Waals surface area contributed by atoms with Crippen LogP contribution < -0.4 is 0 Å². The number of hydrogen-bond donors (Lipinski definition) is 1. The number of carbonyl (C=O) groups is 2. The summed E-state index contributed by atoms with van der Waals surface area (Å²) in [5, 5.41) is 25.9. The summed E-state index contributed by atoms with van der Waals surface area (Å²) in [6.45, 7) is 4.34. The van der Waals surface area contributed by atoms with Gasteiger partial charge in [0.25, 0.3) is 0 Å². The molecule has 0 aliphatic heterocycles. The second kappa shape index (κ2) is 11.4. The lowest BCUT2D eigenvalue weighted by Crippen LogP contribution is -2.62. The summed E-state index contributed by atoms with van der Waals surface area (Å²) in [5.74, 6) is -0.0230. The number of aliphatic hydroxyl groups is 1. The maximum absolute atomic E-state index is 14.0. The van der Waals surface area contributed by atoms with Crippen LogP contribution in [0, 0.1) is 51.6 Å². The van der Waals surface area contributed by atoms with E-state index in [9.17, 15) is 24.3 Å². The Morgan fingerprint density at radius 2 is 1.93 bits per heavy atom. The number of halogens is 1. The third kappa shape index (κ3) is 4.81. The van der Waals surface area contributed by atoms with Crippen LogP contribution in [0.1, 0.15) is 89.3 Å². The van der Waals surface area contributed by atoms with E-state index in [1.807, 2.05) is 10.9 Å². The van der Waals surface area contributed by atoms with Crippen LogP contribution in [0.25, 0.3) is 11.8 Å². The first-order chi connectivity index (χ1) is 21.6. The van der Waals surface area contributed by atoms with Crippen molar-refractivity contribution in [2.75, 3.05) is 5.75 Å². The van der Waals surface area contributed by atoms with Crippen molar-refractivity contribution in [3.63, 3.8) is 0 Å². The predicted molar refractivity (Wildman–Crippen MR) is 169 cm³/mol. The molecule has 1 heterocycles. The molecule has 5 aliphatic carbocycles. The number of nitriles is 1. The highest BCUT2D eigenvalue weighted by Gasteiger charge is 2.70. The molecule has 1 N–H and O–H groups in total. The van der Waals surface area contributed by atoms with E-state index < -0.39 is 17.1 Å². The van der Waals surface area contributed by atoms with Crippen molar-refractivity contribution in [2.24, 2.45) is 34.5 Å². The van der Waals surface area contributed by atoms with Gasteiger partial charge in [0.05, 0.1) is 35.5 Å². The van der Waals surface area contributed by atoms with Crippen LogP contribution in [-0.2, 0) is 20.7 Å². The Bertz CT molecular complexity index is 1580. The first-order valence-corrected chi connectivity index (χ1v) is 17.6. The topological polar surface area (TPSA) is 105 Å². The van der Waals surface area contributed by atoms with Crippen LogP contribution >= 0.6 is 11.8 Å². The Kier molecular flexibility index (Phi) is 7.76. The number of allylic oxidation sites excluding steroid dienone is 1. The summed E-state index contributed by atoms with van der Waals surface area (Å²) in [6, 6.07) is 8.44. The summed E-state index contributed by atoms with van der Waals surface area (Å²) in [4.78, 5) is 27.5. The van der Waals surface area contributed by atoms with Crippen molar-refractivity contribution in [1.82, 2.24) is 9.78 Å². The van der Waals surface area contributed by atoms with E-state index in [1.165, 1.54) is 17.7 Å². The summed E-state index contributed by atoms with van der Waals surface area (Å²) in [7, 11) is 0. The average molecular weight is 632 g/mol. The molecule has 7 atom stereocenters. The molecule has 1 aromatic heterocycles. The normalized spacial score (nSPS) is 35.4. The van der Waals surface area contributed by atoms with Crippen molar-refractivity contribution in [1.29, 1.82) is 5.26 Å². The van der Waals surface area contributed by atoms with E-state index >= 15 is 0 Å². The third-order valence-electron chi connectivity index (χ3n) is 12.4. The zero-order valence-electron chi connectivity index (χ0n) is 26.1. The highest BCUT2D eigenvalue weighted by Crippen LogP contribution is 2.69. The van der Waals surface area contributed by atoms with Crippen molar-refractivity contribution in [3.05, 3.63) is 53.1 Å². The molecule has 0 spiro atoms. The number of hydrogen-bond acceptors (Lipinski definition) is 7. The summed E-state index contributed by atoms with van der Waals surface area (Å²) >= 11 is 0.955. The molecule has 5 aliphatic rings. The maximum atomic E-state index is 14.0. The van der Waals surface area contributed by atoms with Crippen molar-refractivity contribution >= 4 is 28.9 Å². The highest BCUT2D eigenvalue weighted by molar-refractivity contribution is 8.14. The van der Waals surface area contributed by atoms with Crippen LogP contribution in [0.3, 0.4) is 0 Å². The van der Waals surface area contributed by atoms with Crippen LogP contribution in [0.15, 0.2) is 36.0 Å². The molecule has 0 bridgehead atoms. The fourth-order valence-electron chi connectivity index (χ4n) is 10.4. The fraction of sp³-hybridized carbons (Fsp3) is 0.611. The smallest absolute Gasteiger partial charge is 0.307 e. The molecule has 7 rings (SSSR count). The fourth-order valence-corrected chi connectivity index (χ4v) is 11.2. The van der Waals surface area contributed by atoms with Crippen LogP contribution in [0.5, 0.6) is 0 Å². The molecule has 0 unspecified atom stereocenters. The molecule has 9 heteroatoms. The molecule has 0 amide bonds. The summed E-state index contributed by atoms with van der Waals surface area (Å²) in [6.07, 6.45) is 12.1. The van der Waals surface area contributed by atoms with Gasteiger partial charge in [-0.25, -0.2) is 9.07 Å². The second-order valence-electron chi connectivity index (χ2n) is 14.7. The largest absolute Gasteiger partial charge is 0.449 e. The predicted octanol–water partition coefficient (Wildman–Crippen LogP) is 6.81. The minimum absolute atomic E-state index is 0.00949. The average Bonchev–Trinajstić information content (AvgIpc) is 3.73. The van der Waals surface area contributed by atoms with E-state index in [4.69, 9.17) is 4.74 Å². The monoisotopic (exact) mass is 631 g/mol. The van der Waals surface area contributed by atoms with Crippen LogP contribution in [0.2, 0.25) is 0 Å². The van der Waals surface area contributed by atoms with Crippen molar-refractivity contribution in [3.8, 4) is 11.8 Å². The Labute approximate surface area is 268 Å². The molecular formula is C36H42FN3O4S.